The van der Waals surface area contributed by atoms with Gasteiger partial charge >= 0.3 is 0 Å². The van der Waals surface area contributed by atoms with Crippen molar-refractivity contribution >= 4 is 22.7 Å². The molecule has 1 atom stereocenters. The molecule has 0 saturated heterocycles. The molecule has 0 aliphatic carbocycles. The van der Waals surface area contributed by atoms with Crippen molar-refractivity contribution in [3.05, 3.63) is 23.8 Å². The molecule has 84 valence electrons. The first-order chi connectivity index (χ1) is 6.48. The van der Waals surface area contributed by atoms with Gasteiger partial charge in [0, 0.05) is 17.3 Å². The van der Waals surface area contributed by atoms with E-state index in [1.807, 2.05) is 12.1 Å². The van der Waals surface area contributed by atoms with Gasteiger partial charge < -0.3 is 10.4 Å². The molecule has 1 aromatic rings. The number of nitrogens with one attached hydrogen (secondary N) is 1. The quantitative estimate of drug-likeness (QED) is 0.755. The number of hydrogen-bond acceptors (Lipinski definition) is 2. The highest BCUT2D eigenvalue weighted by Gasteiger charge is 2.28. The van der Waals surface area contributed by atoms with Crippen LogP contribution in [0.3, 0.4) is 0 Å². The van der Waals surface area contributed by atoms with Crippen LogP contribution in [0.1, 0.15) is 38.7 Å². The van der Waals surface area contributed by atoms with Gasteiger partial charge in [-0.15, -0.1) is 17.0 Å². The lowest BCUT2D eigenvalue weighted by Gasteiger charge is -2.37. The fourth-order valence-corrected chi connectivity index (χ4v) is 2.37. The molecule has 1 aliphatic heterocycles. The largest absolute Gasteiger partial charge is 0.508 e. The van der Waals surface area contributed by atoms with Crippen LogP contribution in [0.25, 0.3) is 0 Å². The lowest BCUT2D eigenvalue weighted by Crippen LogP contribution is -2.36. The summed E-state index contributed by atoms with van der Waals surface area (Å²) in [6.45, 7) is 6.62. The summed E-state index contributed by atoms with van der Waals surface area (Å²) < 4.78 is 0. The normalized spacial score (nSPS) is 22.2. The van der Waals surface area contributed by atoms with Crippen LogP contribution in [0, 0.1) is 0 Å². The van der Waals surface area contributed by atoms with Crippen molar-refractivity contribution in [2.24, 2.45) is 0 Å². The minimum Gasteiger partial charge on any atom is -0.508 e. The first-order valence-corrected chi connectivity index (χ1v) is 5.09. The summed E-state index contributed by atoms with van der Waals surface area (Å²) in [5.41, 5.74) is 2.51. The number of aromatic hydroxyl groups is 1. The number of hydrogen-bond donors (Lipinski definition) is 2. The molecule has 1 unspecified atom stereocenters. The molecular formula is C12H18BrNO. The van der Waals surface area contributed by atoms with Crippen LogP contribution in [0.5, 0.6) is 5.75 Å². The van der Waals surface area contributed by atoms with Gasteiger partial charge in [0.05, 0.1) is 0 Å². The Kier molecular flexibility index (Phi) is 3.34. The topological polar surface area (TPSA) is 32.3 Å². The van der Waals surface area contributed by atoms with Crippen LogP contribution in [0.4, 0.5) is 5.69 Å². The molecule has 0 spiro atoms. The van der Waals surface area contributed by atoms with Crippen LogP contribution >= 0.6 is 17.0 Å². The highest BCUT2D eigenvalue weighted by atomic mass is 79.9. The van der Waals surface area contributed by atoms with E-state index >= 15 is 0 Å². The lowest BCUT2D eigenvalue weighted by molar-refractivity contribution is 0.448. The Morgan fingerprint density at radius 1 is 1.40 bits per heavy atom. The molecule has 2 rings (SSSR count). The van der Waals surface area contributed by atoms with E-state index in [0.717, 1.165) is 12.1 Å². The standard InChI is InChI=1S/C12H17NO.BrH/c1-8-7-12(2,3)13-11-6-9(14)4-5-10(8)11;/h4-6,8,13-14H,7H2,1-3H3;1H. The Balaban J connectivity index is 0.00000112. The van der Waals surface area contributed by atoms with Crippen molar-refractivity contribution in [3.63, 3.8) is 0 Å². The maximum Gasteiger partial charge on any atom is 0.117 e. The number of fused-ring (bicyclic) bond motifs is 1. The van der Waals surface area contributed by atoms with E-state index in [1.54, 1.807) is 6.07 Å². The fourth-order valence-electron chi connectivity index (χ4n) is 2.37. The van der Waals surface area contributed by atoms with E-state index in [4.69, 9.17) is 0 Å². The van der Waals surface area contributed by atoms with Crippen LogP contribution in [0.15, 0.2) is 18.2 Å². The summed E-state index contributed by atoms with van der Waals surface area (Å²) in [5, 5.41) is 12.9. The van der Waals surface area contributed by atoms with Gasteiger partial charge in [-0.1, -0.05) is 13.0 Å². The van der Waals surface area contributed by atoms with Crippen molar-refractivity contribution < 1.29 is 5.11 Å². The average Bonchev–Trinajstić information content (AvgIpc) is 2.00. The Morgan fingerprint density at radius 3 is 2.73 bits per heavy atom. The third-order valence-corrected chi connectivity index (χ3v) is 2.86. The average molecular weight is 272 g/mol. The van der Waals surface area contributed by atoms with E-state index in [-0.39, 0.29) is 22.5 Å². The third kappa shape index (κ3) is 2.46. The van der Waals surface area contributed by atoms with Crippen molar-refractivity contribution in [2.45, 2.75) is 38.6 Å². The summed E-state index contributed by atoms with van der Waals surface area (Å²) in [6, 6.07) is 5.58. The third-order valence-electron chi connectivity index (χ3n) is 2.86. The van der Waals surface area contributed by atoms with Gasteiger partial charge in [0.2, 0.25) is 0 Å². The zero-order valence-electron chi connectivity index (χ0n) is 9.37. The second kappa shape index (κ2) is 4.05. The second-order valence-electron chi connectivity index (χ2n) is 4.89. The van der Waals surface area contributed by atoms with Gasteiger partial charge in [-0.25, -0.2) is 0 Å². The van der Waals surface area contributed by atoms with Crippen LogP contribution in [0.2, 0.25) is 0 Å². The molecule has 1 heterocycles. The highest BCUT2D eigenvalue weighted by Crippen LogP contribution is 2.39. The molecule has 2 N–H and O–H groups in total. The molecule has 1 aliphatic rings. The molecule has 3 heteroatoms. The molecule has 2 nitrogen and oxygen atoms in total. The van der Waals surface area contributed by atoms with E-state index < -0.39 is 0 Å². The van der Waals surface area contributed by atoms with Crippen LogP contribution in [-0.4, -0.2) is 10.6 Å². The van der Waals surface area contributed by atoms with E-state index in [2.05, 4.69) is 26.1 Å². The number of phenolic OH excluding ortho intramolecular Hbond substituents is 1. The summed E-state index contributed by atoms with van der Waals surface area (Å²) in [5.74, 6) is 0.892. The molecule has 15 heavy (non-hydrogen) atoms. The predicted octanol–water partition coefficient (Wildman–Crippen LogP) is 3.67. The van der Waals surface area contributed by atoms with Crippen molar-refractivity contribution in [3.8, 4) is 5.75 Å². The molecule has 0 radical (unpaired) electrons. The van der Waals surface area contributed by atoms with Crippen molar-refractivity contribution in [2.75, 3.05) is 5.32 Å². The Morgan fingerprint density at radius 2 is 2.07 bits per heavy atom. The smallest absolute Gasteiger partial charge is 0.117 e. The minimum atomic E-state index is 0. The van der Waals surface area contributed by atoms with E-state index in [1.165, 1.54) is 5.56 Å². The Bertz CT molecular complexity index is 363. The predicted molar refractivity (Wildman–Crippen MR) is 69.2 cm³/mol. The maximum absolute atomic E-state index is 9.40. The molecule has 0 fully saturated rings. The van der Waals surface area contributed by atoms with Gasteiger partial charge in [-0.05, 0) is 37.8 Å². The fraction of sp³-hybridized carbons (Fsp3) is 0.500. The van der Waals surface area contributed by atoms with Gasteiger partial charge in [0.25, 0.3) is 0 Å². The molecule has 0 aromatic heterocycles. The lowest BCUT2D eigenvalue weighted by atomic mass is 9.82. The van der Waals surface area contributed by atoms with Crippen LogP contribution in [-0.2, 0) is 0 Å². The summed E-state index contributed by atoms with van der Waals surface area (Å²) in [6.07, 6.45) is 1.13. The first kappa shape index (κ1) is 12.4. The van der Waals surface area contributed by atoms with E-state index in [9.17, 15) is 5.11 Å². The number of halogens is 1. The number of anilines is 1. The van der Waals surface area contributed by atoms with Crippen molar-refractivity contribution in [1.29, 1.82) is 0 Å². The first-order valence-electron chi connectivity index (χ1n) is 5.09. The summed E-state index contributed by atoms with van der Waals surface area (Å²) >= 11 is 0. The molecule has 1 aromatic carbocycles. The number of benzene rings is 1. The maximum atomic E-state index is 9.40. The SMILES string of the molecule is Br.CC1CC(C)(C)Nc2cc(O)ccc21. The monoisotopic (exact) mass is 271 g/mol. The van der Waals surface area contributed by atoms with Gasteiger partial charge in [0.1, 0.15) is 5.75 Å². The van der Waals surface area contributed by atoms with Gasteiger partial charge in [-0.3, -0.25) is 0 Å². The second-order valence-corrected chi connectivity index (χ2v) is 4.89. The summed E-state index contributed by atoms with van der Waals surface area (Å²) in [7, 11) is 0. The Labute approximate surface area is 101 Å². The summed E-state index contributed by atoms with van der Waals surface area (Å²) in [4.78, 5) is 0. The molecule has 0 amide bonds. The zero-order chi connectivity index (χ0) is 10.3. The zero-order valence-corrected chi connectivity index (χ0v) is 11.1. The van der Waals surface area contributed by atoms with Crippen LogP contribution < -0.4 is 5.32 Å². The van der Waals surface area contributed by atoms with Crippen molar-refractivity contribution in [1.82, 2.24) is 0 Å². The van der Waals surface area contributed by atoms with E-state index in [0.29, 0.717) is 11.7 Å². The number of rotatable bonds is 0. The Hall–Kier alpha value is -0.700. The number of phenols is 1. The molecule has 0 saturated carbocycles. The highest BCUT2D eigenvalue weighted by molar-refractivity contribution is 8.93. The molecule has 0 bridgehead atoms. The minimum absolute atomic E-state index is 0. The van der Waals surface area contributed by atoms with Gasteiger partial charge in [0.15, 0.2) is 0 Å². The molecular weight excluding hydrogens is 254 g/mol. The van der Waals surface area contributed by atoms with Gasteiger partial charge in [-0.2, -0.15) is 0 Å².